The molecule has 3 rings (SSSR count). The molecule has 0 bridgehead atoms. The van der Waals surface area contributed by atoms with Crippen molar-refractivity contribution in [3.63, 3.8) is 0 Å². The van der Waals surface area contributed by atoms with Gasteiger partial charge < -0.3 is 4.42 Å². The Labute approximate surface area is 148 Å². The van der Waals surface area contributed by atoms with Crippen molar-refractivity contribution in [3.8, 4) is 0 Å². The van der Waals surface area contributed by atoms with Crippen LogP contribution in [-0.2, 0) is 10.2 Å². The smallest absolute Gasteiger partial charge is 0.322 e. The highest BCUT2D eigenvalue weighted by Crippen LogP contribution is 2.28. The lowest BCUT2D eigenvalue weighted by molar-refractivity contribution is 0.323. The fourth-order valence-corrected chi connectivity index (χ4v) is 3.68. The third-order valence-corrected chi connectivity index (χ3v) is 6.10. The van der Waals surface area contributed by atoms with Crippen molar-refractivity contribution < 1.29 is 12.8 Å². The number of aromatic nitrogens is 1. The summed E-state index contributed by atoms with van der Waals surface area (Å²) >= 11 is 0. The molecule has 0 unspecified atom stereocenters. The zero-order valence-electron chi connectivity index (χ0n) is 14.6. The quantitative estimate of drug-likeness (QED) is 0.798. The summed E-state index contributed by atoms with van der Waals surface area (Å²) in [4.78, 5) is 8.72. The highest BCUT2D eigenvalue weighted by atomic mass is 32.2. The van der Waals surface area contributed by atoms with Gasteiger partial charge >= 0.3 is 6.01 Å². The molecular formula is C17H24N4O3S. The van der Waals surface area contributed by atoms with Crippen LogP contribution in [0.5, 0.6) is 0 Å². The van der Waals surface area contributed by atoms with E-state index in [2.05, 4.69) is 14.7 Å². The first-order valence-electron chi connectivity index (χ1n) is 8.51. The van der Waals surface area contributed by atoms with Crippen LogP contribution in [0.15, 0.2) is 33.7 Å². The minimum Gasteiger partial charge on any atom is -0.422 e. The van der Waals surface area contributed by atoms with E-state index in [4.69, 9.17) is 4.42 Å². The Hall–Kier alpha value is -1.77. The molecule has 1 aromatic heterocycles. The molecule has 1 aromatic carbocycles. The standard InChI is InChI=1S/C17H24N4O3S/c1-21(2)25(22,23)19-12-14-9-7-13(8-10-14)11-18-17-20-15-5-3-4-6-16(15)24-17/h3-6,11,13-14,19H,7-10,12H2,1-2H3/b18-11+. The van der Waals surface area contributed by atoms with Gasteiger partial charge in [0, 0.05) is 26.9 Å². The maximum Gasteiger partial charge on any atom is 0.322 e. The zero-order valence-corrected chi connectivity index (χ0v) is 15.4. The average molecular weight is 364 g/mol. The molecule has 1 heterocycles. The molecule has 1 fully saturated rings. The lowest BCUT2D eigenvalue weighted by atomic mass is 9.83. The van der Waals surface area contributed by atoms with E-state index in [0.29, 0.717) is 24.4 Å². The Morgan fingerprint density at radius 1 is 1.28 bits per heavy atom. The number of oxazole rings is 1. The molecule has 136 valence electrons. The van der Waals surface area contributed by atoms with Gasteiger partial charge in [-0.3, -0.25) is 0 Å². The number of aliphatic imine (C=N–C) groups is 1. The summed E-state index contributed by atoms with van der Waals surface area (Å²) in [6.07, 6.45) is 5.89. The van der Waals surface area contributed by atoms with Crippen molar-refractivity contribution in [2.24, 2.45) is 16.8 Å². The predicted molar refractivity (Wildman–Crippen MR) is 98.2 cm³/mol. The lowest BCUT2D eigenvalue weighted by Crippen LogP contribution is -2.39. The predicted octanol–water partition coefficient (Wildman–Crippen LogP) is 2.73. The van der Waals surface area contributed by atoms with Crippen LogP contribution in [0, 0.1) is 11.8 Å². The number of para-hydroxylation sites is 2. The van der Waals surface area contributed by atoms with Crippen LogP contribution < -0.4 is 4.72 Å². The van der Waals surface area contributed by atoms with Gasteiger partial charge in [0.05, 0.1) is 0 Å². The van der Waals surface area contributed by atoms with Gasteiger partial charge in [-0.05, 0) is 49.7 Å². The molecule has 1 aliphatic carbocycles. The van der Waals surface area contributed by atoms with Gasteiger partial charge in [0.25, 0.3) is 10.2 Å². The molecule has 0 spiro atoms. The number of rotatable bonds is 6. The summed E-state index contributed by atoms with van der Waals surface area (Å²) in [5, 5.41) is 0. The van der Waals surface area contributed by atoms with Crippen molar-refractivity contribution in [3.05, 3.63) is 24.3 Å². The molecule has 0 atom stereocenters. The Morgan fingerprint density at radius 2 is 2.00 bits per heavy atom. The Morgan fingerprint density at radius 3 is 2.68 bits per heavy atom. The first kappa shape index (κ1) is 18.0. The third-order valence-electron chi connectivity index (χ3n) is 4.60. The van der Waals surface area contributed by atoms with E-state index >= 15 is 0 Å². The van der Waals surface area contributed by atoms with E-state index in [9.17, 15) is 8.42 Å². The number of fused-ring (bicyclic) bond motifs is 1. The maximum absolute atomic E-state index is 11.7. The van der Waals surface area contributed by atoms with Gasteiger partial charge in [-0.1, -0.05) is 12.1 Å². The van der Waals surface area contributed by atoms with Crippen LogP contribution in [0.4, 0.5) is 6.01 Å². The summed E-state index contributed by atoms with van der Waals surface area (Å²) in [6.45, 7) is 0.496. The van der Waals surface area contributed by atoms with Gasteiger partial charge in [0.1, 0.15) is 5.52 Å². The minimum absolute atomic E-state index is 0.378. The second-order valence-electron chi connectivity index (χ2n) is 6.66. The SMILES string of the molecule is CN(C)S(=O)(=O)NCC1CCC(/C=N/c2nc3ccccc3o2)CC1. The highest BCUT2D eigenvalue weighted by molar-refractivity contribution is 7.87. The molecule has 1 saturated carbocycles. The molecule has 1 N–H and O–H groups in total. The largest absolute Gasteiger partial charge is 0.422 e. The number of hydrogen-bond acceptors (Lipinski definition) is 5. The number of nitrogens with zero attached hydrogens (tertiary/aromatic N) is 3. The zero-order chi connectivity index (χ0) is 17.9. The Bertz CT molecular complexity index is 803. The fourth-order valence-electron chi connectivity index (χ4n) is 2.98. The molecular weight excluding hydrogens is 340 g/mol. The average Bonchev–Trinajstić information content (AvgIpc) is 3.02. The monoisotopic (exact) mass is 364 g/mol. The number of nitrogens with one attached hydrogen (secondary N) is 1. The summed E-state index contributed by atoms with van der Waals surface area (Å²) in [5.74, 6) is 0.764. The van der Waals surface area contributed by atoms with Crippen molar-refractivity contribution in [1.82, 2.24) is 14.0 Å². The van der Waals surface area contributed by atoms with Crippen molar-refractivity contribution in [2.45, 2.75) is 25.7 Å². The highest BCUT2D eigenvalue weighted by Gasteiger charge is 2.22. The van der Waals surface area contributed by atoms with E-state index in [0.717, 1.165) is 36.8 Å². The van der Waals surface area contributed by atoms with E-state index in [1.54, 1.807) is 0 Å². The fraction of sp³-hybridized carbons (Fsp3) is 0.529. The number of benzene rings is 1. The maximum atomic E-state index is 11.7. The van der Waals surface area contributed by atoms with E-state index < -0.39 is 10.2 Å². The molecule has 0 saturated heterocycles. The molecule has 1 aliphatic rings. The van der Waals surface area contributed by atoms with E-state index in [1.807, 2.05) is 30.5 Å². The van der Waals surface area contributed by atoms with Crippen molar-refractivity contribution in [1.29, 1.82) is 0 Å². The van der Waals surface area contributed by atoms with Gasteiger partial charge in [-0.25, -0.2) is 9.71 Å². The van der Waals surface area contributed by atoms with Crippen LogP contribution in [0.2, 0.25) is 0 Å². The molecule has 8 heteroatoms. The Balaban J connectivity index is 1.49. The molecule has 2 aromatic rings. The first-order valence-corrected chi connectivity index (χ1v) is 9.95. The molecule has 0 radical (unpaired) electrons. The van der Waals surface area contributed by atoms with Crippen LogP contribution in [0.1, 0.15) is 25.7 Å². The van der Waals surface area contributed by atoms with Crippen molar-refractivity contribution in [2.75, 3.05) is 20.6 Å². The third kappa shape index (κ3) is 4.65. The normalized spacial score (nSPS) is 22.2. The summed E-state index contributed by atoms with van der Waals surface area (Å²) < 4.78 is 32.9. The second-order valence-corrected chi connectivity index (χ2v) is 8.63. The summed E-state index contributed by atoms with van der Waals surface area (Å²) in [6, 6.07) is 8.00. The Kier molecular flexibility index (Phi) is 5.51. The van der Waals surface area contributed by atoms with Crippen molar-refractivity contribution >= 4 is 33.5 Å². The molecule has 7 nitrogen and oxygen atoms in total. The van der Waals surface area contributed by atoms with Crippen LogP contribution in [0.3, 0.4) is 0 Å². The second kappa shape index (κ2) is 7.63. The van der Waals surface area contributed by atoms with Gasteiger partial charge in [0.15, 0.2) is 5.58 Å². The molecule has 25 heavy (non-hydrogen) atoms. The first-order chi connectivity index (χ1) is 11.9. The van der Waals surface area contributed by atoms with Crippen LogP contribution in [-0.4, -0.2) is 44.6 Å². The molecule has 0 amide bonds. The molecule has 0 aliphatic heterocycles. The van der Waals surface area contributed by atoms with E-state index in [1.165, 1.54) is 18.4 Å². The summed E-state index contributed by atoms with van der Waals surface area (Å²) in [5.41, 5.74) is 1.55. The van der Waals surface area contributed by atoms with Crippen LogP contribution in [0.25, 0.3) is 11.1 Å². The van der Waals surface area contributed by atoms with Gasteiger partial charge in [-0.15, -0.1) is 0 Å². The summed E-state index contributed by atoms with van der Waals surface area (Å²) in [7, 11) is -0.275. The topological polar surface area (TPSA) is 87.8 Å². The number of hydrogen-bond donors (Lipinski definition) is 1. The van der Waals surface area contributed by atoms with Gasteiger partial charge in [0.2, 0.25) is 0 Å². The van der Waals surface area contributed by atoms with Gasteiger partial charge in [-0.2, -0.15) is 17.7 Å². The lowest BCUT2D eigenvalue weighted by Gasteiger charge is -2.26. The minimum atomic E-state index is -3.33. The van der Waals surface area contributed by atoms with Crippen LogP contribution >= 0.6 is 0 Å². The van der Waals surface area contributed by atoms with E-state index in [-0.39, 0.29) is 0 Å².